The maximum absolute atomic E-state index is 13.9. The van der Waals surface area contributed by atoms with Crippen LogP contribution in [0.2, 0.25) is 0 Å². The molecule has 2 amide bonds. The monoisotopic (exact) mass is 532 g/mol. The van der Waals surface area contributed by atoms with Crippen molar-refractivity contribution in [3.05, 3.63) is 132 Å². The van der Waals surface area contributed by atoms with Gasteiger partial charge in [0.25, 0.3) is 0 Å². The Morgan fingerprint density at radius 3 is 2.15 bits per heavy atom. The number of rotatable bonds is 11. The molecular weight excluding hydrogens is 496 g/mol. The van der Waals surface area contributed by atoms with Crippen molar-refractivity contribution in [2.75, 3.05) is 11.9 Å². The lowest BCUT2D eigenvalue weighted by Gasteiger charge is -2.29. The summed E-state index contributed by atoms with van der Waals surface area (Å²) in [7, 11) is 0. The SMILES string of the molecule is O=C(N[C@H](CCCNc1ccncc1)C(=O)NC1CCCc2ccccc21)C(c1ccccc1)c1ccccc1. The van der Waals surface area contributed by atoms with Crippen LogP contribution in [0, 0.1) is 0 Å². The number of aryl methyl sites for hydroxylation is 1. The Kier molecular flexibility index (Phi) is 9.20. The van der Waals surface area contributed by atoms with Crippen LogP contribution in [0.15, 0.2) is 109 Å². The molecule has 0 fully saturated rings. The van der Waals surface area contributed by atoms with Crippen molar-refractivity contribution < 1.29 is 9.59 Å². The van der Waals surface area contributed by atoms with Gasteiger partial charge in [-0.15, -0.1) is 0 Å². The minimum Gasteiger partial charge on any atom is -0.385 e. The van der Waals surface area contributed by atoms with E-state index in [0.717, 1.165) is 36.1 Å². The Labute approximate surface area is 236 Å². The zero-order chi connectivity index (χ0) is 27.6. The molecule has 1 unspecified atom stereocenters. The number of carbonyl (C=O) groups is 2. The van der Waals surface area contributed by atoms with E-state index in [1.54, 1.807) is 12.4 Å². The highest BCUT2D eigenvalue weighted by Gasteiger charge is 2.30. The van der Waals surface area contributed by atoms with Crippen LogP contribution < -0.4 is 16.0 Å². The number of hydrogen-bond donors (Lipinski definition) is 3. The van der Waals surface area contributed by atoms with Gasteiger partial charge in [-0.05, 0) is 66.5 Å². The van der Waals surface area contributed by atoms with Gasteiger partial charge in [0.2, 0.25) is 11.8 Å². The van der Waals surface area contributed by atoms with Gasteiger partial charge in [0.1, 0.15) is 6.04 Å². The van der Waals surface area contributed by atoms with E-state index in [4.69, 9.17) is 0 Å². The standard InChI is InChI=1S/C34H36N4O2/c39-33(37-30-18-9-16-25-11-7-8-17-29(25)30)31(19-10-22-36-28-20-23-35-24-21-28)38-34(40)32(26-12-3-1-4-13-26)27-14-5-2-6-15-27/h1-8,11-15,17,20-21,23-24,30-32H,9-10,16,18-19,22H2,(H,35,36)(H,37,39)(H,38,40)/t30?,31-/m1/s1. The van der Waals surface area contributed by atoms with E-state index in [1.165, 1.54) is 11.1 Å². The molecule has 3 N–H and O–H groups in total. The zero-order valence-corrected chi connectivity index (χ0v) is 22.6. The Morgan fingerprint density at radius 1 is 0.800 bits per heavy atom. The van der Waals surface area contributed by atoms with Crippen molar-refractivity contribution in [2.24, 2.45) is 0 Å². The minimum atomic E-state index is -0.657. The van der Waals surface area contributed by atoms with Gasteiger partial charge in [0.05, 0.1) is 12.0 Å². The van der Waals surface area contributed by atoms with Gasteiger partial charge >= 0.3 is 0 Å². The molecule has 6 heteroatoms. The van der Waals surface area contributed by atoms with E-state index in [1.807, 2.05) is 78.9 Å². The third kappa shape index (κ3) is 6.94. The van der Waals surface area contributed by atoms with E-state index < -0.39 is 12.0 Å². The predicted molar refractivity (Wildman–Crippen MR) is 159 cm³/mol. The molecule has 0 aliphatic heterocycles. The summed E-state index contributed by atoms with van der Waals surface area (Å²) in [6, 6.07) is 30.9. The summed E-state index contributed by atoms with van der Waals surface area (Å²) in [5.41, 5.74) is 5.23. The normalized spacial score (nSPS) is 15.1. The molecule has 4 aromatic rings. The number of amides is 2. The first-order chi connectivity index (χ1) is 19.7. The van der Waals surface area contributed by atoms with E-state index in [2.05, 4.69) is 39.1 Å². The number of nitrogens with one attached hydrogen (secondary N) is 3. The van der Waals surface area contributed by atoms with Crippen molar-refractivity contribution >= 4 is 17.5 Å². The Bertz CT molecular complexity index is 1340. The lowest BCUT2D eigenvalue weighted by atomic mass is 9.87. The van der Waals surface area contributed by atoms with Gasteiger partial charge < -0.3 is 16.0 Å². The van der Waals surface area contributed by atoms with Crippen molar-refractivity contribution in [2.45, 2.75) is 50.1 Å². The van der Waals surface area contributed by atoms with E-state index in [-0.39, 0.29) is 17.9 Å². The molecule has 3 aromatic carbocycles. The summed E-state index contributed by atoms with van der Waals surface area (Å²) in [6.07, 6.45) is 7.66. The molecule has 2 atom stereocenters. The molecule has 40 heavy (non-hydrogen) atoms. The van der Waals surface area contributed by atoms with Gasteiger partial charge in [-0.2, -0.15) is 0 Å². The molecule has 0 radical (unpaired) electrons. The fourth-order valence-corrected chi connectivity index (χ4v) is 5.49. The Balaban J connectivity index is 1.33. The average molecular weight is 533 g/mol. The van der Waals surface area contributed by atoms with Crippen molar-refractivity contribution in [3.8, 4) is 0 Å². The van der Waals surface area contributed by atoms with Crippen LogP contribution in [-0.4, -0.2) is 29.4 Å². The molecule has 0 bridgehead atoms. The second-order valence-electron chi connectivity index (χ2n) is 10.3. The lowest BCUT2D eigenvalue weighted by molar-refractivity contribution is -0.130. The molecule has 6 nitrogen and oxygen atoms in total. The number of benzene rings is 3. The molecule has 0 spiro atoms. The van der Waals surface area contributed by atoms with Gasteiger partial charge in [-0.25, -0.2) is 0 Å². The highest BCUT2D eigenvalue weighted by molar-refractivity contribution is 5.92. The molecule has 1 aromatic heterocycles. The molecule has 1 aliphatic carbocycles. The maximum atomic E-state index is 13.9. The van der Waals surface area contributed by atoms with Gasteiger partial charge in [-0.3, -0.25) is 14.6 Å². The summed E-state index contributed by atoms with van der Waals surface area (Å²) < 4.78 is 0. The molecule has 204 valence electrons. The van der Waals surface area contributed by atoms with Crippen LogP contribution in [0.5, 0.6) is 0 Å². The van der Waals surface area contributed by atoms with Crippen LogP contribution in [0.3, 0.4) is 0 Å². The summed E-state index contributed by atoms with van der Waals surface area (Å²) in [4.78, 5) is 31.7. The van der Waals surface area contributed by atoms with Crippen LogP contribution in [-0.2, 0) is 16.0 Å². The molecule has 5 rings (SSSR count). The van der Waals surface area contributed by atoms with E-state index in [0.29, 0.717) is 19.4 Å². The number of pyridine rings is 1. The second kappa shape index (κ2) is 13.6. The minimum absolute atomic E-state index is 0.0501. The molecule has 1 heterocycles. The Morgan fingerprint density at radius 2 is 1.45 bits per heavy atom. The van der Waals surface area contributed by atoms with Gasteiger partial charge in [0, 0.05) is 24.6 Å². The number of carbonyl (C=O) groups excluding carboxylic acids is 2. The number of nitrogens with zero attached hydrogens (tertiary/aromatic N) is 1. The summed E-state index contributed by atoms with van der Waals surface area (Å²) in [6.45, 7) is 0.677. The second-order valence-corrected chi connectivity index (χ2v) is 10.3. The van der Waals surface area contributed by atoms with Crippen LogP contribution in [0.4, 0.5) is 5.69 Å². The van der Waals surface area contributed by atoms with Crippen molar-refractivity contribution in [3.63, 3.8) is 0 Å². The first kappa shape index (κ1) is 27.1. The maximum Gasteiger partial charge on any atom is 0.243 e. The molecule has 0 saturated carbocycles. The van der Waals surface area contributed by atoms with Gasteiger partial charge in [0.15, 0.2) is 0 Å². The fourth-order valence-electron chi connectivity index (χ4n) is 5.49. The summed E-state index contributed by atoms with van der Waals surface area (Å²) in [5.74, 6) is -0.828. The van der Waals surface area contributed by atoms with E-state index in [9.17, 15) is 9.59 Å². The van der Waals surface area contributed by atoms with Gasteiger partial charge in [-0.1, -0.05) is 84.9 Å². The molecule has 1 aliphatic rings. The third-order valence-electron chi connectivity index (χ3n) is 7.53. The van der Waals surface area contributed by atoms with Crippen molar-refractivity contribution in [1.29, 1.82) is 0 Å². The molecule has 0 saturated heterocycles. The summed E-state index contributed by atoms with van der Waals surface area (Å²) in [5, 5.41) is 9.79. The summed E-state index contributed by atoms with van der Waals surface area (Å²) >= 11 is 0. The molecular formula is C34H36N4O2. The van der Waals surface area contributed by atoms with E-state index >= 15 is 0 Å². The topological polar surface area (TPSA) is 83.1 Å². The van der Waals surface area contributed by atoms with Crippen LogP contribution in [0.25, 0.3) is 0 Å². The third-order valence-corrected chi connectivity index (χ3v) is 7.53. The quantitative estimate of drug-likeness (QED) is 0.214. The van der Waals surface area contributed by atoms with Crippen molar-refractivity contribution in [1.82, 2.24) is 15.6 Å². The predicted octanol–water partition coefficient (Wildman–Crippen LogP) is 5.78. The zero-order valence-electron chi connectivity index (χ0n) is 22.6. The Hall–Kier alpha value is -4.45. The largest absolute Gasteiger partial charge is 0.385 e. The highest BCUT2D eigenvalue weighted by atomic mass is 16.2. The fraction of sp³-hybridized carbons (Fsp3) is 0.265. The first-order valence-corrected chi connectivity index (χ1v) is 14.1. The number of hydrogen-bond acceptors (Lipinski definition) is 4. The number of fused-ring (bicyclic) bond motifs is 1. The highest BCUT2D eigenvalue weighted by Crippen LogP contribution is 2.30. The lowest BCUT2D eigenvalue weighted by Crippen LogP contribution is -2.49. The number of anilines is 1. The van der Waals surface area contributed by atoms with Crippen LogP contribution >= 0.6 is 0 Å². The number of aromatic nitrogens is 1. The average Bonchev–Trinajstić information content (AvgIpc) is 3.00. The first-order valence-electron chi connectivity index (χ1n) is 14.1. The van der Waals surface area contributed by atoms with Crippen LogP contribution in [0.1, 0.15) is 59.9 Å². The smallest absolute Gasteiger partial charge is 0.243 e.